The van der Waals surface area contributed by atoms with Crippen LogP contribution >= 0.6 is 0 Å². The maximum Gasteiger partial charge on any atom is 0.0991 e. The summed E-state index contributed by atoms with van der Waals surface area (Å²) >= 11 is 0. The van der Waals surface area contributed by atoms with E-state index in [0.29, 0.717) is 5.56 Å². The zero-order chi connectivity index (χ0) is 9.36. The summed E-state index contributed by atoms with van der Waals surface area (Å²) in [5.74, 6) is 0. The van der Waals surface area contributed by atoms with Gasteiger partial charge in [0.1, 0.15) is 0 Å². The lowest BCUT2D eigenvalue weighted by Crippen LogP contribution is -1.74. The first-order chi connectivity index (χ1) is 6.43. The molecule has 0 atom stereocenters. The first-order valence-electron chi connectivity index (χ1n) is 4.46. The van der Waals surface area contributed by atoms with Crippen molar-refractivity contribution in [3.8, 4) is 6.07 Å². The lowest BCUT2D eigenvalue weighted by atomic mass is 10.2. The molecule has 1 aliphatic heterocycles. The highest BCUT2D eigenvalue weighted by atomic mass is 16.5. The van der Waals surface area contributed by atoms with E-state index in [4.69, 9.17) is 10.00 Å². The van der Waals surface area contributed by atoms with E-state index >= 15 is 0 Å². The summed E-state index contributed by atoms with van der Waals surface area (Å²) in [6, 6.07) is 11.2. The van der Waals surface area contributed by atoms with E-state index in [1.165, 1.54) is 12.8 Å². The number of hydrogen-bond donors (Lipinski definition) is 0. The van der Waals surface area contributed by atoms with Crippen molar-refractivity contribution >= 4 is 0 Å². The molecule has 0 bridgehead atoms. The van der Waals surface area contributed by atoms with Crippen LogP contribution in [0.15, 0.2) is 30.3 Å². The zero-order valence-electron chi connectivity index (χ0n) is 7.57. The summed E-state index contributed by atoms with van der Waals surface area (Å²) in [6.45, 7) is 2.00. The van der Waals surface area contributed by atoms with Crippen LogP contribution in [0.4, 0.5) is 0 Å². The van der Waals surface area contributed by atoms with Gasteiger partial charge in [-0.3, -0.25) is 0 Å². The maximum absolute atomic E-state index is 8.29. The topological polar surface area (TPSA) is 33.0 Å². The summed E-state index contributed by atoms with van der Waals surface area (Å²) in [7, 11) is 0. The largest absolute Gasteiger partial charge is 0.381 e. The fourth-order valence-electron chi connectivity index (χ4n) is 1.02. The second-order valence-electron chi connectivity index (χ2n) is 2.80. The molecule has 0 N–H and O–H groups in total. The summed E-state index contributed by atoms with van der Waals surface area (Å²) in [4.78, 5) is 0. The van der Waals surface area contributed by atoms with Crippen LogP contribution in [-0.4, -0.2) is 13.2 Å². The van der Waals surface area contributed by atoms with Gasteiger partial charge in [0, 0.05) is 13.2 Å². The van der Waals surface area contributed by atoms with Crippen LogP contribution in [0.2, 0.25) is 0 Å². The van der Waals surface area contributed by atoms with Gasteiger partial charge in [0.15, 0.2) is 0 Å². The molecule has 68 valence electrons. The molecule has 2 nitrogen and oxygen atoms in total. The average Bonchev–Trinajstić information content (AvgIpc) is 2.77. The molecule has 2 heteroatoms. The first-order valence-corrected chi connectivity index (χ1v) is 4.46. The number of ether oxygens (including phenoxy) is 1. The standard InChI is InChI=1S/C7H5N.C4H8O/c8-6-7-4-2-1-3-5-7;1-2-4-5-3-1/h1-5H;1-4H2. The molecule has 1 aromatic rings. The van der Waals surface area contributed by atoms with E-state index in [1.54, 1.807) is 12.1 Å². The Morgan fingerprint density at radius 1 is 1.08 bits per heavy atom. The molecular weight excluding hydrogens is 162 g/mol. The molecule has 0 aromatic heterocycles. The van der Waals surface area contributed by atoms with Crippen LogP contribution in [0, 0.1) is 11.3 Å². The van der Waals surface area contributed by atoms with Crippen LogP contribution in [0.5, 0.6) is 0 Å². The van der Waals surface area contributed by atoms with Crippen molar-refractivity contribution in [1.29, 1.82) is 5.26 Å². The van der Waals surface area contributed by atoms with Gasteiger partial charge in [-0.1, -0.05) is 18.2 Å². The van der Waals surface area contributed by atoms with Crippen molar-refractivity contribution in [1.82, 2.24) is 0 Å². The van der Waals surface area contributed by atoms with Crippen molar-refractivity contribution in [3.05, 3.63) is 35.9 Å². The lowest BCUT2D eigenvalue weighted by molar-refractivity contribution is 0.198. The quantitative estimate of drug-likeness (QED) is 0.606. The third-order valence-corrected chi connectivity index (χ3v) is 1.73. The fraction of sp³-hybridized carbons (Fsp3) is 0.364. The summed E-state index contributed by atoms with van der Waals surface area (Å²) in [5.41, 5.74) is 0.715. The number of nitrogens with zero attached hydrogens (tertiary/aromatic N) is 1. The second kappa shape index (κ2) is 6.22. The molecule has 1 heterocycles. The zero-order valence-corrected chi connectivity index (χ0v) is 7.57. The fourth-order valence-corrected chi connectivity index (χ4v) is 1.02. The van der Waals surface area contributed by atoms with Gasteiger partial charge in [-0.05, 0) is 25.0 Å². The summed E-state index contributed by atoms with van der Waals surface area (Å²) in [6.07, 6.45) is 2.56. The van der Waals surface area contributed by atoms with E-state index in [9.17, 15) is 0 Å². The highest BCUT2D eigenvalue weighted by molar-refractivity contribution is 5.27. The molecule has 0 amide bonds. The Hall–Kier alpha value is -1.33. The molecule has 0 spiro atoms. The molecule has 0 aliphatic carbocycles. The van der Waals surface area contributed by atoms with E-state index < -0.39 is 0 Å². The van der Waals surface area contributed by atoms with Crippen molar-refractivity contribution in [2.45, 2.75) is 12.8 Å². The minimum Gasteiger partial charge on any atom is -0.381 e. The monoisotopic (exact) mass is 175 g/mol. The number of rotatable bonds is 0. The molecule has 1 aromatic carbocycles. The smallest absolute Gasteiger partial charge is 0.0991 e. The van der Waals surface area contributed by atoms with Gasteiger partial charge in [-0.15, -0.1) is 0 Å². The van der Waals surface area contributed by atoms with Gasteiger partial charge >= 0.3 is 0 Å². The Bertz CT molecular complexity index is 252. The van der Waals surface area contributed by atoms with Gasteiger partial charge < -0.3 is 4.74 Å². The molecule has 1 saturated heterocycles. The van der Waals surface area contributed by atoms with Gasteiger partial charge in [0.2, 0.25) is 0 Å². The van der Waals surface area contributed by atoms with Crippen molar-refractivity contribution < 1.29 is 4.74 Å². The number of benzene rings is 1. The van der Waals surface area contributed by atoms with E-state index in [0.717, 1.165) is 13.2 Å². The van der Waals surface area contributed by atoms with Crippen LogP contribution in [0.3, 0.4) is 0 Å². The Morgan fingerprint density at radius 3 is 2.00 bits per heavy atom. The van der Waals surface area contributed by atoms with Crippen LogP contribution in [0.25, 0.3) is 0 Å². The Balaban J connectivity index is 0.000000145. The lowest BCUT2D eigenvalue weighted by Gasteiger charge is -1.80. The molecule has 13 heavy (non-hydrogen) atoms. The third kappa shape index (κ3) is 4.29. The van der Waals surface area contributed by atoms with E-state index in [-0.39, 0.29) is 0 Å². The van der Waals surface area contributed by atoms with Crippen molar-refractivity contribution in [2.24, 2.45) is 0 Å². The number of nitriles is 1. The van der Waals surface area contributed by atoms with Crippen molar-refractivity contribution in [2.75, 3.05) is 13.2 Å². The summed E-state index contributed by atoms with van der Waals surface area (Å²) < 4.78 is 4.94. The van der Waals surface area contributed by atoms with Crippen LogP contribution in [0.1, 0.15) is 18.4 Å². The Morgan fingerprint density at radius 2 is 1.69 bits per heavy atom. The van der Waals surface area contributed by atoms with Gasteiger partial charge in [-0.25, -0.2) is 0 Å². The predicted molar refractivity (Wildman–Crippen MR) is 51.2 cm³/mol. The Kier molecular flexibility index (Phi) is 4.66. The minimum atomic E-state index is 0.715. The molecule has 0 saturated carbocycles. The predicted octanol–water partition coefficient (Wildman–Crippen LogP) is 2.36. The first kappa shape index (κ1) is 9.76. The van der Waals surface area contributed by atoms with E-state index in [1.807, 2.05) is 24.3 Å². The molecular formula is C11H13NO. The van der Waals surface area contributed by atoms with Crippen LogP contribution < -0.4 is 0 Å². The Labute approximate surface area is 78.8 Å². The maximum atomic E-state index is 8.29. The molecule has 2 rings (SSSR count). The normalized spacial score (nSPS) is 14.1. The van der Waals surface area contributed by atoms with Crippen LogP contribution in [-0.2, 0) is 4.74 Å². The molecule has 0 radical (unpaired) electrons. The van der Waals surface area contributed by atoms with Gasteiger partial charge in [0.25, 0.3) is 0 Å². The van der Waals surface area contributed by atoms with Gasteiger partial charge in [0.05, 0.1) is 11.6 Å². The van der Waals surface area contributed by atoms with Crippen molar-refractivity contribution in [3.63, 3.8) is 0 Å². The summed E-state index contributed by atoms with van der Waals surface area (Å²) in [5, 5.41) is 8.29. The number of hydrogen-bond acceptors (Lipinski definition) is 2. The SMILES string of the molecule is C1CCOC1.N#Cc1ccccc1. The molecule has 1 aliphatic rings. The third-order valence-electron chi connectivity index (χ3n) is 1.73. The minimum absolute atomic E-state index is 0.715. The second-order valence-corrected chi connectivity index (χ2v) is 2.80. The van der Waals surface area contributed by atoms with E-state index in [2.05, 4.69) is 0 Å². The average molecular weight is 175 g/mol. The highest BCUT2D eigenvalue weighted by Crippen LogP contribution is 1.98. The molecule has 0 unspecified atom stereocenters. The van der Waals surface area contributed by atoms with Gasteiger partial charge in [-0.2, -0.15) is 5.26 Å². The highest BCUT2D eigenvalue weighted by Gasteiger charge is 1.94. The molecule has 1 fully saturated rings.